The molecule has 0 fully saturated rings. The molecule has 1 heterocycles. The Labute approximate surface area is 81.3 Å². The van der Waals surface area contributed by atoms with Crippen LogP contribution in [0.25, 0.3) is 0 Å². The zero-order valence-corrected chi connectivity index (χ0v) is 7.56. The number of benzene rings is 1. The van der Waals surface area contributed by atoms with Crippen molar-refractivity contribution in [2.45, 2.75) is 12.5 Å². The van der Waals surface area contributed by atoms with Crippen LogP contribution in [0.3, 0.4) is 0 Å². The summed E-state index contributed by atoms with van der Waals surface area (Å²) in [4.78, 5) is 10.6. The standard InChI is InChI=1S/C10H11NO3/c11-9(10(12)13)7-1-2-8-6(5-7)3-4-14-8/h1-2,5,9H,3-4,11H2,(H,12,13)/t9-/m0/s1. The topological polar surface area (TPSA) is 72.6 Å². The van der Waals surface area contributed by atoms with Gasteiger partial charge in [0.1, 0.15) is 11.8 Å². The van der Waals surface area contributed by atoms with E-state index < -0.39 is 12.0 Å². The highest BCUT2D eigenvalue weighted by Crippen LogP contribution is 2.27. The van der Waals surface area contributed by atoms with Crippen LogP contribution in [0.15, 0.2) is 18.2 Å². The first kappa shape index (κ1) is 9.02. The van der Waals surface area contributed by atoms with E-state index in [0.717, 1.165) is 17.7 Å². The number of carboxylic acids is 1. The monoisotopic (exact) mass is 193 g/mol. The van der Waals surface area contributed by atoms with Crippen molar-refractivity contribution >= 4 is 5.97 Å². The molecule has 4 heteroatoms. The van der Waals surface area contributed by atoms with Gasteiger partial charge in [-0.1, -0.05) is 6.07 Å². The molecule has 74 valence electrons. The van der Waals surface area contributed by atoms with E-state index in [2.05, 4.69) is 0 Å². The van der Waals surface area contributed by atoms with Crippen LogP contribution in [0.2, 0.25) is 0 Å². The molecule has 1 aromatic rings. The van der Waals surface area contributed by atoms with Crippen molar-refractivity contribution in [3.05, 3.63) is 29.3 Å². The van der Waals surface area contributed by atoms with E-state index in [0.29, 0.717) is 12.2 Å². The van der Waals surface area contributed by atoms with Crippen LogP contribution < -0.4 is 10.5 Å². The molecule has 0 unspecified atom stereocenters. The molecule has 0 saturated carbocycles. The Kier molecular flexibility index (Phi) is 2.13. The van der Waals surface area contributed by atoms with Crippen LogP contribution >= 0.6 is 0 Å². The highest BCUT2D eigenvalue weighted by atomic mass is 16.5. The van der Waals surface area contributed by atoms with Gasteiger partial charge in [0.25, 0.3) is 0 Å². The van der Waals surface area contributed by atoms with Gasteiger partial charge >= 0.3 is 5.97 Å². The zero-order chi connectivity index (χ0) is 10.1. The van der Waals surface area contributed by atoms with E-state index in [4.69, 9.17) is 15.6 Å². The van der Waals surface area contributed by atoms with Crippen molar-refractivity contribution in [3.8, 4) is 5.75 Å². The van der Waals surface area contributed by atoms with Crippen LogP contribution in [0.4, 0.5) is 0 Å². The van der Waals surface area contributed by atoms with Crippen molar-refractivity contribution in [2.24, 2.45) is 5.73 Å². The molecule has 0 amide bonds. The fourth-order valence-electron chi connectivity index (χ4n) is 1.54. The maximum absolute atomic E-state index is 10.6. The number of hydrogen-bond acceptors (Lipinski definition) is 3. The molecule has 1 aromatic carbocycles. The predicted molar refractivity (Wildman–Crippen MR) is 50.2 cm³/mol. The summed E-state index contributed by atoms with van der Waals surface area (Å²) in [7, 11) is 0. The Hall–Kier alpha value is -1.55. The zero-order valence-electron chi connectivity index (χ0n) is 7.56. The molecular weight excluding hydrogens is 182 g/mol. The van der Waals surface area contributed by atoms with Crippen molar-refractivity contribution in [1.29, 1.82) is 0 Å². The number of aliphatic carboxylic acids is 1. The van der Waals surface area contributed by atoms with Crippen molar-refractivity contribution < 1.29 is 14.6 Å². The Balaban J connectivity index is 2.33. The van der Waals surface area contributed by atoms with E-state index in [-0.39, 0.29) is 0 Å². The highest BCUT2D eigenvalue weighted by Gasteiger charge is 2.18. The van der Waals surface area contributed by atoms with E-state index in [1.807, 2.05) is 0 Å². The van der Waals surface area contributed by atoms with Gasteiger partial charge in [0.05, 0.1) is 6.61 Å². The van der Waals surface area contributed by atoms with E-state index >= 15 is 0 Å². The average Bonchev–Trinajstić information content (AvgIpc) is 2.62. The van der Waals surface area contributed by atoms with Gasteiger partial charge in [-0.15, -0.1) is 0 Å². The molecule has 2 rings (SSSR count). The van der Waals surface area contributed by atoms with Gasteiger partial charge < -0.3 is 15.6 Å². The minimum absolute atomic E-state index is 0.627. The van der Waals surface area contributed by atoms with Crippen molar-refractivity contribution in [3.63, 3.8) is 0 Å². The molecule has 0 aliphatic carbocycles. The summed E-state index contributed by atoms with van der Waals surface area (Å²) in [5.41, 5.74) is 7.16. The van der Waals surface area contributed by atoms with Crippen molar-refractivity contribution in [1.82, 2.24) is 0 Å². The Bertz CT molecular complexity index is 376. The lowest BCUT2D eigenvalue weighted by molar-refractivity contribution is -0.138. The second kappa shape index (κ2) is 3.31. The molecule has 0 radical (unpaired) electrons. The Morgan fingerprint density at radius 2 is 2.36 bits per heavy atom. The minimum atomic E-state index is -1.01. The fourth-order valence-corrected chi connectivity index (χ4v) is 1.54. The Morgan fingerprint density at radius 1 is 1.57 bits per heavy atom. The molecule has 1 aliphatic rings. The van der Waals surface area contributed by atoms with Gasteiger partial charge in [-0.25, -0.2) is 0 Å². The lowest BCUT2D eigenvalue weighted by Crippen LogP contribution is -2.20. The summed E-state index contributed by atoms with van der Waals surface area (Å²) in [5.74, 6) is -0.171. The van der Waals surface area contributed by atoms with Gasteiger partial charge in [0.2, 0.25) is 0 Å². The number of rotatable bonds is 2. The summed E-state index contributed by atoms with van der Waals surface area (Å²) >= 11 is 0. The average molecular weight is 193 g/mol. The molecule has 0 bridgehead atoms. The van der Waals surface area contributed by atoms with E-state index in [1.165, 1.54) is 0 Å². The summed E-state index contributed by atoms with van der Waals surface area (Å²) in [6.45, 7) is 0.668. The summed E-state index contributed by atoms with van der Waals surface area (Å²) < 4.78 is 5.31. The molecule has 0 aromatic heterocycles. The lowest BCUT2D eigenvalue weighted by Gasteiger charge is -2.07. The number of ether oxygens (including phenoxy) is 1. The molecule has 0 saturated heterocycles. The molecule has 1 aliphatic heterocycles. The van der Waals surface area contributed by atoms with Crippen LogP contribution in [-0.4, -0.2) is 17.7 Å². The number of carboxylic acid groups (broad SMARTS) is 1. The maximum atomic E-state index is 10.6. The lowest BCUT2D eigenvalue weighted by atomic mass is 10.0. The maximum Gasteiger partial charge on any atom is 0.325 e. The number of hydrogen-bond donors (Lipinski definition) is 2. The number of fused-ring (bicyclic) bond motifs is 1. The molecule has 0 spiro atoms. The molecule has 3 N–H and O–H groups in total. The van der Waals surface area contributed by atoms with Gasteiger partial charge in [0.15, 0.2) is 0 Å². The summed E-state index contributed by atoms with van der Waals surface area (Å²) in [6, 6.07) is 4.34. The quantitative estimate of drug-likeness (QED) is 0.725. The van der Waals surface area contributed by atoms with Gasteiger partial charge in [-0.3, -0.25) is 4.79 Å². The largest absolute Gasteiger partial charge is 0.493 e. The highest BCUT2D eigenvalue weighted by molar-refractivity contribution is 5.75. The van der Waals surface area contributed by atoms with E-state index in [9.17, 15) is 4.79 Å². The summed E-state index contributed by atoms with van der Waals surface area (Å²) in [6.07, 6.45) is 0.829. The Morgan fingerprint density at radius 3 is 3.07 bits per heavy atom. The van der Waals surface area contributed by atoms with Crippen LogP contribution in [0, 0.1) is 0 Å². The third-order valence-electron chi connectivity index (χ3n) is 2.34. The van der Waals surface area contributed by atoms with Crippen molar-refractivity contribution in [2.75, 3.05) is 6.61 Å². The normalized spacial score (nSPS) is 15.8. The van der Waals surface area contributed by atoms with Crippen LogP contribution in [0.1, 0.15) is 17.2 Å². The molecular formula is C10H11NO3. The second-order valence-corrected chi connectivity index (χ2v) is 3.28. The molecule has 1 atom stereocenters. The van der Waals surface area contributed by atoms with E-state index in [1.54, 1.807) is 18.2 Å². The third kappa shape index (κ3) is 1.44. The SMILES string of the molecule is N[C@H](C(=O)O)c1ccc2c(c1)CCO2. The molecule has 14 heavy (non-hydrogen) atoms. The van der Waals surface area contributed by atoms with Gasteiger partial charge in [0, 0.05) is 6.42 Å². The van der Waals surface area contributed by atoms with Crippen LogP contribution in [-0.2, 0) is 11.2 Å². The second-order valence-electron chi connectivity index (χ2n) is 3.28. The summed E-state index contributed by atoms with van der Waals surface area (Å²) in [5, 5.41) is 8.73. The number of nitrogens with two attached hydrogens (primary N) is 1. The third-order valence-corrected chi connectivity index (χ3v) is 2.34. The van der Waals surface area contributed by atoms with Gasteiger partial charge in [-0.05, 0) is 23.3 Å². The first-order valence-corrected chi connectivity index (χ1v) is 4.42. The fraction of sp³-hybridized carbons (Fsp3) is 0.300. The smallest absolute Gasteiger partial charge is 0.325 e. The predicted octanol–water partition coefficient (Wildman–Crippen LogP) is 0.706. The van der Waals surface area contributed by atoms with Crippen LogP contribution in [0.5, 0.6) is 5.75 Å². The minimum Gasteiger partial charge on any atom is -0.493 e. The molecule has 4 nitrogen and oxygen atoms in total. The van der Waals surface area contributed by atoms with Gasteiger partial charge in [-0.2, -0.15) is 0 Å². The first-order valence-electron chi connectivity index (χ1n) is 4.42. The first-order chi connectivity index (χ1) is 6.68. The number of carbonyl (C=O) groups is 1.